The molecule has 0 aromatic heterocycles. The number of hydrogen-bond donors (Lipinski definition) is 0. The monoisotopic (exact) mass is 408 g/mol. The van der Waals surface area contributed by atoms with Gasteiger partial charge in [0.15, 0.2) is 0 Å². The van der Waals surface area contributed by atoms with Crippen LogP contribution in [0.1, 0.15) is 15.9 Å². The van der Waals surface area contributed by atoms with Crippen molar-refractivity contribution in [3.63, 3.8) is 0 Å². The van der Waals surface area contributed by atoms with E-state index in [1.54, 1.807) is 12.1 Å². The van der Waals surface area contributed by atoms with Crippen LogP contribution in [0.25, 0.3) is 0 Å². The molecule has 0 N–H and O–H groups in total. The molecule has 0 atom stereocenters. The molecule has 3 nitrogen and oxygen atoms in total. The predicted octanol–water partition coefficient (Wildman–Crippen LogP) is 3.34. The molecule has 104 valence electrons. The van der Waals surface area contributed by atoms with Crippen molar-refractivity contribution in [1.82, 2.24) is 9.80 Å². The molecule has 1 saturated heterocycles. The first-order chi connectivity index (χ1) is 8.97. The fourth-order valence-electron chi connectivity index (χ4n) is 2.10. The van der Waals surface area contributed by atoms with E-state index in [9.17, 15) is 4.79 Å². The standard InChI is InChI=1S/C13H15Br2ClN2O/c1-17-2-4-18(5-3-17)8-10-11(14)6-9(13(16)19)7-12(10)15/h6-7H,2-5,8H2,1H3. The number of carbonyl (C=O) groups excluding carboxylic acids is 1. The van der Waals surface area contributed by atoms with Crippen LogP contribution >= 0.6 is 43.5 Å². The SMILES string of the molecule is CN1CCN(Cc2c(Br)cc(C(=O)Cl)cc2Br)CC1. The lowest BCUT2D eigenvalue weighted by Gasteiger charge is -2.32. The van der Waals surface area contributed by atoms with Crippen LogP contribution in [-0.4, -0.2) is 48.3 Å². The van der Waals surface area contributed by atoms with Gasteiger partial charge in [0.25, 0.3) is 5.24 Å². The van der Waals surface area contributed by atoms with Crippen molar-refractivity contribution in [1.29, 1.82) is 0 Å². The normalized spacial score (nSPS) is 17.7. The summed E-state index contributed by atoms with van der Waals surface area (Å²) in [7, 11) is 2.14. The maximum atomic E-state index is 11.2. The molecule has 1 aliphatic heterocycles. The Morgan fingerprint density at radius 3 is 2.21 bits per heavy atom. The van der Waals surface area contributed by atoms with E-state index in [2.05, 4.69) is 48.7 Å². The molecular weight excluding hydrogens is 395 g/mol. The summed E-state index contributed by atoms with van der Waals surface area (Å²) in [5.74, 6) is 0. The van der Waals surface area contributed by atoms with Crippen LogP contribution in [0.4, 0.5) is 0 Å². The third-order valence-corrected chi connectivity index (χ3v) is 4.98. The van der Waals surface area contributed by atoms with Crippen molar-refractivity contribution >= 4 is 48.7 Å². The largest absolute Gasteiger partial charge is 0.304 e. The number of carbonyl (C=O) groups is 1. The highest BCUT2D eigenvalue weighted by Gasteiger charge is 2.17. The number of halogens is 3. The van der Waals surface area contributed by atoms with Crippen LogP contribution in [0.5, 0.6) is 0 Å². The second kappa shape index (κ2) is 6.68. The molecule has 6 heteroatoms. The first kappa shape index (κ1) is 15.4. The van der Waals surface area contributed by atoms with Gasteiger partial charge in [-0.25, -0.2) is 0 Å². The van der Waals surface area contributed by atoms with Gasteiger partial charge in [-0.3, -0.25) is 9.69 Å². The first-order valence-corrected chi connectivity index (χ1v) is 8.02. The molecule has 0 aliphatic carbocycles. The highest BCUT2D eigenvalue weighted by molar-refractivity contribution is 9.11. The van der Waals surface area contributed by atoms with Crippen LogP contribution < -0.4 is 0 Å². The fourth-order valence-corrected chi connectivity index (χ4v) is 3.64. The minimum absolute atomic E-state index is 0.437. The summed E-state index contributed by atoms with van der Waals surface area (Å²) in [4.78, 5) is 15.9. The number of hydrogen-bond acceptors (Lipinski definition) is 3. The Balaban J connectivity index is 2.14. The summed E-state index contributed by atoms with van der Waals surface area (Å²) in [6.45, 7) is 5.17. The third kappa shape index (κ3) is 4.02. The Bertz CT molecular complexity index is 465. The molecular formula is C13H15Br2ClN2O. The van der Waals surface area contributed by atoms with E-state index < -0.39 is 5.24 Å². The Morgan fingerprint density at radius 2 is 1.74 bits per heavy atom. The molecule has 1 heterocycles. The maximum Gasteiger partial charge on any atom is 0.252 e. The Hall–Kier alpha value is 0.0600. The van der Waals surface area contributed by atoms with E-state index in [0.29, 0.717) is 5.56 Å². The zero-order chi connectivity index (χ0) is 14.0. The minimum Gasteiger partial charge on any atom is -0.304 e. The van der Waals surface area contributed by atoms with E-state index in [-0.39, 0.29) is 0 Å². The minimum atomic E-state index is -0.437. The average Bonchev–Trinajstić information content (AvgIpc) is 2.35. The van der Waals surface area contributed by atoms with Gasteiger partial charge in [-0.05, 0) is 36.3 Å². The summed E-state index contributed by atoms with van der Waals surface area (Å²) in [5, 5.41) is -0.437. The number of nitrogens with zero attached hydrogens (tertiary/aromatic N) is 2. The van der Waals surface area contributed by atoms with E-state index in [0.717, 1.165) is 47.2 Å². The third-order valence-electron chi connectivity index (χ3n) is 3.35. The average molecular weight is 411 g/mol. The first-order valence-electron chi connectivity index (χ1n) is 6.06. The van der Waals surface area contributed by atoms with Gasteiger partial charge < -0.3 is 4.90 Å². The number of likely N-dealkylation sites (N-methyl/N-ethyl adjacent to an activating group) is 1. The van der Waals surface area contributed by atoms with Crippen LogP contribution in [-0.2, 0) is 6.54 Å². The van der Waals surface area contributed by atoms with Crippen LogP contribution in [0.3, 0.4) is 0 Å². The predicted molar refractivity (Wildman–Crippen MR) is 84.8 cm³/mol. The summed E-state index contributed by atoms with van der Waals surface area (Å²) < 4.78 is 1.84. The second-order valence-corrected chi connectivity index (χ2v) is 6.82. The highest BCUT2D eigenvalue weighted by Crippen LogP contribution is 2.29. The fraction of sp³-hybridized carbons (Fsp3) is 0.462. The smallest absolute Gasteiger partial charge is 0.252 e. The quantitative estimate of drug-likeness (QED) is 0.714. The van der Waals surface area contributed by atoms with Gasteiger partial charge in [0.1, 0.15) is 0 Å². The Labute approximate surface area is 135 Å². The zero-order valence-electron chi connectivity index (χ0n) is 10.6. The summed E-state index contributed by atoms with van der Waals surface area (Å²) in [5.41, 5.74) is 1.66. The molecule has 1 aliphatic rings. The van der Waals surface area contributed by atoms with E-state index in [4.69, 9.17) is 11.6 Å². The van der Waals surface area contributed by atoms with Gasteiger partial charge in [-0.1, -0.05) is 31.9 Å². The number of benzene rings is 1. The lowest BCUT2D eigenvalue weighted by Crippen LogP contribution is -2.43. The Kier molecular flexibility index (Phi) is 5.43. The lowest BCUT2D eigenvalue weighted by atomic mass is 10.1. The molecule has 1 aromatic rings. The van der Waals surface area contributed by atoms with Crippen molar-refractivity contribution in [2.45, 2.75) is 6.54 Å². The van der Waals surface area contributed by atoms with E-state index >= 15 is 0 Å². The molecule has 0 bridgehead atoms. The molecule has 0 amide bonds. The van der Waals surface area contributed by atoms with Crippen molar-refractivity contribution in [3.8, 4) is 0 Å². The summed E-state index contributed by atoms with van der Waals surface area (Å²) in [6.07, 6.45) is 0. The van der Waals surface area contributed by atoms with Crippen LogP contribution in [0.15, 0.2) is 21.1 Å². The topological polar surface area (TPSA) is 23.6 Å². The number of rotatable bonds is 3. The molecule has 0 unspecified atom stereocenters. The summed E-state index contributed by atoms with van der Waals surface area (Å²) >= 11 is 12.6. The van der Waals surface area contributed by atoms with E-state index in [1.165, 1.54) is 0 Å². The van der Waals surface area contributed by atoms with Gasteiger partial charge in [-0.15, -0.1) is 0 Å². The summed E-state index contributed by atoms with van der Waals surface area (Å²) in [6, 6.07) is 3.57. The lowest BCUT2D eigenvalue weighted by molar-refractivity contribution is 0.108. The molecule has 2 rings (SSSR count). The van der Waals surface area contributed by atoms with Crippen molar-refractivity contribution in [2.24, 2.45) is 0 Å². The van der Waals surface area contributed by atoms with Gasteiger partial charge in [0, 0.05) is 47.2 Å². The van der Waals surface area contributed by atoms with Crippen molar-refractivity contribution in [2.75, 3.05) is 33.2 Å². The van der Waals surface area contributed by atoms with Gasteiger partial charge in [-0.2, -0.15) is 0 Å². The van der Waals surface area contributed by atoms with Crippen molar-refractivity contribution < 1.29 is 4.79 Å². The molecule has 0 spiro atoms. The Morgan fingerprint density at radius 1 is 1.21 bits per heavy atom. The molecule has 0 radical (unpaired) electrons. The number of piperazine rings is 1. The second-order valence-electron chi connectivity index (χ2n) is 4.77. The van der Waals surface area contributed by atoms with Crippen LogP contribution in [0.2, 0.25) is 0 Å². The van der Waals surface area contributed by atoms with Crippen LogP contribution in [0, 0.1) is 0 Å². The highest BCUT2D eigenvalue weighted by atomic mass is 79.9. The van der Waals surface area contributed by atoms with Crippen molar-refractivity contribution in [3.05, 3.63) is 32.2 Å². The maximum absolute atomic E-state index is 11.2. The molecule has 1 aromatic carbocycles. The zero-order valence-corrected chi connectivity index (χ0v) is 14.6. The molecule has 0 saturated carbocycles. The molecule has 19 heavy (non-hydrogen) atoms. The molecule has 1 fully saturated rings. The van der Waals surface area contributed by atoms with Gasteiger partial charge in [0.2, 0.25) is 0 Å². The van der Waals surface area contributed by atoms with Gasteiger partial charge in [0.05, 0.1) is 0 Å². The van der Waals surface area contributed by atoms with E-state index in [1.807, 2.05) is 0 Å². The van der Waals surface area contributed by atoms with Gasteiger partial charge >= 0.3 is 0 Å².